The van der Waals surface area contributed by atoms with E-state index >= 15 is 0 Å². The van der Waals surface area contributed by atoms with Gasteiger partial charge in [-0.15, -0.1) is 0 Å². The second-order valence-corrected chi connectivity index (χ2v) is 4.52. The quantitative estimate of drug-likeness (QED) is 0.397. The van der Waals surface area contributed by atoms with E-state index in [4.69, 9.17) is 15.7 Å². The van der Waals surface area contributed by atoms with Crippen LogP contribution in [0.3, 0.4) is 0 Å². The molecule has 0 saturated carbocycles. The van der Waals surface area contributed by atoms with Crippen molar-refractivity contribution in [3.05, 3.63) is 0 Å². The van der Waals surface area contributed by atoms with Gasteiger partial charge in [0.1, 0.15) is 0 Å². The van der Waals surface area contributed by atoms with Gasteiger partial charge in [0.15, 0.2) is 0 Å². The van der Waals surface area contributed by atoms with Crippen molar-refractivity contribution >= 4 is 11.9 Å². The van der Waals surface area contributed by atoms with Crippen molar-refractivity contribution in [2.24, 2.45) is 11.3 Å². The average Bonchev–Trinajstić information content (AvgIpc) is 2.37. The molecule has 0 amide bonds. The molecule has 102 valence electrons. The molecule has 8 heteroatoms. The van der Waals surface area contributed by atoms with Crippen LogP contribution in [0.2, 0.25) is 0 Å². The monoisotopic (exact) mass is 256 g/mol. The summed E-state index contributed by atoms with van der Waals surface area (Å²) in [6, 6.07) is 0.199. The van der Waals surface area contributed by atoms with Crippen molar-refractivity contribution in [1.82, 2.24) is 15.0 Å². The third-order valence-electron chi connectivity index (χ3n) is 2.17. The second-order valence-electron chi connectivity index (χ2n) is 4.52. The summed E-state index contributed by atoms with van der Waals surface area (Å²) in [7, 11) is 0. The van der Waals surface area contributed by atoms with Crippen molar-refractivity contribution in [2.45, 2.75) is 20.8 Å². The highest BCUT2D eigenvalue weighted by molar-refractivity contribution is 5.35. The minimum absolute atomic E-state index is 0.0609. The Kier molecular flexibility index (Phi) is 5.05. The first-order valence-corrected chi connectivity index (χ1v) is 5.71. The van der Waals surface area contributed by atoms with Crippen molar-refractivity contribution in [1.29, 1.82) is 0 Å². The zero-order valence-corrected chi connectivity index (χ0v) is 10.9. The van der Waals surface area contributed by atoms with Crippen LogP contribution >= 0.6 is 0 Å². The van der Waals surface area contributed by atoms with E-state index in [2.05, 4.69) is 25.7 Å². The third kappa shape index (κ3) is 4.30. The molecule has 1 rings (SSSR count). The maximum atomic E-state index is 9.16. The fourth-order valence-corrected chi connectivity index (χ4v) is 1.07. The number of nitrogens with zero attached hydrogens (tertiary/aromatic N) is 3. The Hall–Kier alpha value is -1.67. The van der Waals surface area contributed by atoms with Gasteiger partial charge in [0.05, 0.1) is 6.61 Å². The molecule has 1 aromatic rings. The average molecular weight is 256 g/mol. The van der Waals surface area contributed by atoms with Crippen molar-refractivity contribution in [3.8, 4) is 6.01 Å². The predicted molar refractivity (Wildman–Crippen MR) is 68.2 cm³/mol. The largest absolute Gasteiger partial charge is 0.464 e. The van der Waals surface area contributed by atoms with Gasteiger partial charge in [0.2, 0.25) is 11.9 Å². The van der Waals surface area contributed by atoms with E-state index in [0.717, 1.165) is 0 Å². The lowest BCUT2D eigenvalue weighted by Crippen LogP contribution is -2.27. The summed E-state index contributed by atoms with van der Waals surface area (Å²) in [6.45, 7) is 6.71. The standard InChI is InChI=1S/C10H20N6O2/c1-4-18-9-14-7(13-8(15-9)16-11)12-5-10(2,3)6-17/h17H,4-6,11H2,1-3H3,(H2,12,13,14,15,16). The Morgan fingerprint density at radius 3 is 2.50 bits per heavy atom. The van der Waals surface area contributed by atoms with E-state index in [1.807, 2.05) is 20.8 Å². The van der Waals surface area contributed by atoms with Crippen LogP contribution in [0.15, 0.2) is 0 Å². The number of rotatable bonds is 7. The molecule has 0 unspecified atom stereocenters. The molecule has 0 atom stereocenters. The molecule has 18 heavy (non-hydrogen) atoms. The third-order valence-corrected chi connectivity index (χ3v) is 2.17. The van der Waals surface area contributed by atoms with Crippen molar-refractivity contribution in [2.75, 3.05) is 30.5 Å². The highest BCUT2D eigenvalue weighted by Crippen LogP contribution is 2.16. The minimum atomic E-state index is -0.269. The van der Waals surface area contributed by atoms with Crippen LogP contribution in [0.4, 0.5) is 11.9 Å². The highest BCUT2D eigenvalue weighted by atomic mass is 16.5. The van der Waals surface area contributed by atoms with E-state index in [-0.39, 0.29) is 24.0 Å². The molecule has 8 nitrogen and oxygen atoms in total. The lowest BCUT2D eigenvalue weighted by atomic mass is 9.95. The van der Waals surface area contributed by atoms with Crippen LogP contribution in [0.1, 0.15) is 20.8 Å². The zero-order chi connectivity index (χ0) is 13.6. The molecule has 1 aromatic heterocycles. The smallest absolute Gasteiger partial charge is 0.323 e. The normalized spacial score (nSPS) is 11.2. The molecule has 0 saturated heterocycles. The lowest BCUT2D eigenvalue weighted by Gasteiger charge is -2.21. The number of hydrogen-bond donors (Lipinski definition) is 4. The molecular weight excluding hydrogens is 236 g/mol. The molecule has 0 fully saturated rings. The molecule has 0 aromatic carbocycles. The first-order valence-electron chi connectivity index (χ1n) is 5.71. The lowest BCUT2D eigenvalue weighted by molar-refractivity contribution is 0.170. The number of aromatic nitrogens is 3. The second kappa shape index (κ2) is 6.31. The Labute approximate surface area is 106 Å². The first kappa shape index (κ1) is 14.4. The van der Waals surface area contributed by atoms with E-state index in [1.54, 1.807) is 0 Å². The number of aliphatic hydroxyl groups excluding tert-OH is 1. The molecule has 0 aliphatic carbocycles. The van der Waals surface area contributed by atoms with E-state index in [0.29, 0.717) is 19.1 Å². The minimum Gasteiger partial charge on any atom is -0.464 e. The van der Waals surface area contributed by atoms with Gasteiger partial charge in [0.25, 0.3) is 0 Å². The number of hydrogen-bond acceptors (Lipinski definition) is 8. The van der Waals surface area contributed by atoms with Gasteiger partial charge in [-0.05, 0) is 6.92 Å². The Bertz CT molecular complexity index is 385. The first-order chi connectivity index (χ1) is 8.50. The number of nitrogens with two attached hydrogens (primary N) is 1. The summed E-state index contributed by atoms with van der Waals surface area (Å²) in [5, 5.41) is 12.2. The zero-order valence-electron chi connectivity index (χ0n) is 10.9. The molecule has 1 heterocycles. The van der Waals surface area contributed by atoms with Crippen LogP contribution in [-0.4, -0.2) is 39.8 Å². The highest BCUT2D eigenvalue weighted by Gasteiger charge is 2.17. The van der Waals surface area contributed by atoms with Gasteiger partial charge in [-0.1, -0.05) is 13.8 Å². The molecule has 5 N–H and O–H groups in total. The van der Waals surface area contributed by atoms with E-state index in [9.17, 15) is 0 Å². The number of aliphatic hydroxyl groups is 1. The summed E-state index contributed by atoms with van der Waals surface area (Å²) in [5.41, 5.74) is 2.08. The molecule has 0 aliphatic heterocycles. The number of ether oxygens (including phenoxy) is 1. The van der Waals surface area contributed by atoms with Crippen LogP contribution in [0.5, 0.6) is 6.01 Å². The van der Waals surface area contributed by atoms with Gasteiger partial charge in [-0.25, -0.2) is 5.84 Å². The number of nitrogen functional groups attached to an aromatic ring is 1. The van der Waals surface area contributed by atoms with E-state index in [1.165, 1.54) is 0 Å². The van der Waals surface area contributed by atoms with Gasteiger partial charge in [-0.3, -0.25) is 5.43 Å². The SMILES string of the molecule is CCOc1nc(NN)nc(NCC(C)(C)CO)n1. The number of nitrogens with one attached hydrogen (secondary N) is 2. The topological polar surface area (TPSA) is 118 Å². The van der Waals surface area contributed by atoms with Crippen LogP contribution < -0.4 is 21.3 Å². The summed E-state index contributed by atoms with van der Waals surface area (Å²) in [4.78, 5) is 12.1. The van der Waals surface area contributed by atoms with Crippen LogP contribution in [-0.2, 0) is 0 Å². The number of anilines is 2. The van der Waals surface area contributed by atoms with Gasteiger partial charge in [0, 0.05) is 18.6 Å². The summed E-state index contributed by atoms with van der Waals surface area (Å²) >= 11 is 0. The van der Waals surface area contributed by atoms with Crippen molar-refractivity contribution in [3.63, 3.8) is 0 Å². The maximum Gasteiger partial charge on any atom is 0.323 e. The fraction of sp³-hybridized carbons (Fsp3) is 0.700. The Morgan fingerprint density at radius 2 is 1.94 bits per heavy atom. The van der Waals surface area contributed by atoms with Crippen molar-refractivity contribution < 1.29 is 9.84 Å². The molecule has 0 aliphatic rings. The summed E-state index contributed by atoms with van der Waals surface area (Å²) in [6.07, 6.45) is 0. The Morgan fingerprint density at radius 1 is 1.28 bits per heavy atom. The fourth-order valence-electron chi connectivity index (χ4n) is 1.07. The Balaban J connectivity index is 2.78. The molecular formula is C10H20N6O2. The van der Waals surface area contributed by atoms with E-state index < -0.39 is 0 Å². The van der Waals surface area contributed by atoms with Crippen LogP contribution in [0, 0.1) is 5.41 Å². The molecule has 0 spiro atoms. The molecule has 0 radical (unpaired) electrons. The summed E-state index contributed by atoms with van der Waals surface area (Å²) in [5.74, 6) is 5.84. The van der Waals surface area contributed by atoms with Crippen LogP contribution in [0.25, 0.3) is 0 Å². The van der Waals surface area contributed by atoms with Gasteiger partial charge >= 0.3 is 6.01 Å². The van der Waals surface area contributed by atoms with Gasteiger partial charge in [-0.2, -0.15) is 15.0 Å². The van der Waals surface area contributed by atoms with Gasteiger partial charge < -0.3 is 15.2 Å². The molecule has 0 bridgehead atoms. The maximum absolute atomic E-state index is 9.16. The number of hydrazine groups is 1. The predicted octanol–water partition coefficient (Wildman–Crippen LogP) is -0.0137. The summed E-state index contributed by atoms with van der Waals surface area (Å²) < 4.78 is 5.20.